The molecular formula is C21H19BrN2O4. The quantitative estimate of drug-likeness (QED) is 0.392. The molecule has 2 aromatic rings. The number of carbonyl (C=O) groups excluding carboxylic acids is 2. The molecule has 0 aromatic heterocycles. The van der Waals surface area contributed by atoms with Gasteiger partial charge in [-0.15, -0.1) is 11.7 Å². The molecule has 0 saturated heterocycles. The van der Waals surface area contributed by atoms with E-state index in [1.54, 1.807) is 12.1 Å². The molecule has 1 aliphatic rings. The fourth-order valence-corrected chi connectivity index (χ4v) is 3.29. The van der Waals surface area contributed by atoms with Crippen molar-refractivity contribution < 1.29 is 19.1 Å². The van der Waals surface area contributed by atoms with Crippen LogP contribution in [0.1, 0.15) is 36.8 Å². The van der Waals surface area contributed by atoms with E-state index in [2.05, 4.69) is 27.6 Å². The third kappa shape index (κ3) is 4.14. The molecule has 0 saturated carbocycles. The second kappa shape index (κ2) is 8.39. The van der Waals surface area contributed by atoms with Gasteiger partial charge in [0.1, 0.15) is 5.75 Å². The fourth-order valence-electron chi connectivity index (χ4n) is 2.89. The number of benzene rings is 2. The van der Waals surface area contributed by atoms with Crippen molar-refractivity contribution in [3.63, 3.8) is 0 Å². The first-order valence-corrected chi connectivity index (χ1v) is 9.42. The number of para-hydroxylation sites is 1. The number of ether oxygens (including phenoxy) is 2. The lowest BCUT2D eigenvalue weighted by atomic mass is 10.0. The Kier molecular flexibility index (Phi) is 5.94. The second-order valence-electron chi connectivity index (χ2n) is 6.17. The molecule has 0 N–H and O–H groups in total. The fraction of sp³-hybridized carbons (Fsp3) is 0.190. The summed E-state index contributed by atoms with van der Waals surface area (Å²) >= 11 is 3.42. The first-order chi connectivity index (χ1) is 13.4. The van der Waals surface area contributed by atoms with Crippen LogP contribution in [0.3, 0.4) is 0 Å². The summed E-state index contributed by atoms with van der Waals surface area (Å²) in [6.07, 6.45) is 1.38. The Bertz CT molecular complexity index is 971. The molecule has 1 unspecified atom stereocenters. The van der Waals surface area contributed by atoms with E-state index >= 15 is 0 Å². The van der Waals surface area contributed by atoms with Crippen molar-refractivity contribution in [1.29, 1.82) is 0 Å². The van der Waals surface area contributed by atoms with E-state index in [9.17, 15) is 9.59 Å². The number of nitrogens with zero attached hydrogens (tertiary/aromatic N) is 2. The number of hydrogen-bond acceptors (Lipinski definition) is 5. The second-order valence-corrected chi connectivity index (χ2v) is 7.09. The van der Waals surface area contributed by atoms with Crippen molar-refractivity contribution in [1.82, 2.24) is 5.01 Å². The van der Waals surface area contributed by atoms with Gasteiger partial charge in [-0.2, -0.15) is 5.01 Å². The van der Waals surface area contributed by atoms with E-state index in [0.29, 0.717) is 23.6 Å². The van der Waals surface area contributed by atoms with Gasteiger partial charge in [-0.3, -0.25) is 9.59 Å². The van der Waals surface area contributed by atoms with Crippen LogP contribution in [0.4, 0.5) is 0 Å². The molecule has 0 aliphatic carbocycles. The maximum Gasteiger partial charge on any atom is 0.308 e. The lowest BCUT2D eigenvalue weighted by Gasteiger charge is -2.22. The van der Waals surface area contributed by atoms with Crippen LogP contribution in [-0.4, -0.2) is 22.8 Å². The highest BCUT2D eigenvalue weighted by molar-refractivity contribution is 9.10. The largest absolute Gasteiger partial charge is 0.446 e. The van der Waals surface area contributed by atoms with E-state index in [4.69, 9.17) is 9.47 Å². The zero-order valence-corrected chi connectivity index (χ0v) is 17.1. The maximum atomic E-state index is 12.2. The van der Waals surface area contributed by atoms with Gasteiger partial charge < -0.3 is 9.47 Å². The van der Waals surface area contributed by atoms with Crippen LogP contribution in [-0.2, 0) is 20.7 Å². The molecule has 6 nitrogen and oxygen atoms in total. The van der Waals surface area contributed by atoms with Crippen LogP contribution in [0.2, 0.25) is 0 Å². The van der Waals surface area contributed by atoms with E-state index in [-0.39, 0.29) is 5.91 Å². The monoisotopic (exact) mass is 442 g/mol. The first-order valence-electron chi connectivity index (χ1n) is 8.62. The van der Waals surface area contributed by atoms with Crippen LogP contribution in [0.25, 0.3) is 0 Å². The molecular weight excluding hydrogens is 424 g/mol. The van der Waals surface area contributed by atoms with E-state index < -0.39 is 12.2 Å². The van der Waals surface area contributed by atoms with Crippen LogP contribution < -0.4 is 4.74 Å². The van der Waals surface area contributed by atoms with Gasteiger partial charge >= 0.3 is 5.97 Å². The van der Waals surface area contributed by atoms with E-state index in [0.717, 1.165) is 15.6 Å². The van der Waals surface area contributed by atoms with Gasteiger partial charge in [-0.1, -0.05) is 40.2 Å². The summed E-state index contributed by atoms with van der Waals surface area (Å²) in [5, 5.41) is 5.60. The average molecular weight is 443 g/mol. The van der Waals surface area contributed by atoms with Crippen molar-refractivity contribution in [3.8, 4) is 5.75 Å². The van der Waals surface area contributed by atoms with Crippen molar-refractivity contribution in [3.05, 3.63) is 76.3 Å². The zero-order valence-electron chi connectivity index (χ0n) is 15.5. The molecule has 7 heteroatoms. The summed E-state index contributed by atoms with van der Waals surface area (Å²) < 4.78 is 12.4. The number of amides is 1. The molecule has 0 spiro atoms. The Morgan fingerprint density at radius 2 is 2.04 bits per heavy atom. The van der Waals surface area contributed by atoms with Crippen LogP contribution in [0.5, 0.6) is 5.75 Å². The summed E-state index contributed by atoms with van der Waals surface area (Å²) in [4.78, 5) is 23.9. The molecule has 2 aromatic carbocycles. The maximum absolute atomic E-state index is 12.2. The molecule has 0 radical (unpaired) electrons. The SMILES string of the molecule is C=CCc1cccc(C2OC(c3cccc(Br)c3)=NN2C(C)=O)c1OC(C)=O. The van der Waals surface area contributed by atoms with Gasteiger partial charge in [0.15, 0.2) is 0 Å². The van der Waals surface area contributed by atoms with Crippen molar-refractivity contribution >= 4 is 33.7 Å². The lowest BCUT2D eigenvalue weighted by molar-refractivity contribution is -0.135. The van der Waals surface area contributed by atoms with Gasteiger partial charge in [-0.05, 0) is 36.2 Å². The minimum atomic E-state index is -0.842. The molecule has 28 heavy (non-hydrogen) atoms. The molecule has 1 aliphatic heterocycles. The van der Waals surface area contributed by atoms with E-state index in [1.807, 2.05) is 36.4 Å². The third-order valence-electron chi connectivity index (χ3n) is 4.04. The predicted molar refractivity (Wildman–Crippen MR) is 109 cm³/mol. The highest BCUT2D eigenvalue weighted by Gasteiger charge is 2.36. The number of esters is 1. The molecule has 1 amide bonds. The van der Waals surface area contributed by atoms with Gasteiger partial charge in [0, 0.05) is 23.9 Å². The number of allylic oxidation sites excluding steroid dienone is 1. The standard InChI is InChI=1S/C21H19BrN2O4/c1-4-7-15-8-6-11-18(19(15)27-14(3)26)21-24(13(2)25)23-20(28-21)16-9-5-10-17(22)12-16/h4-6,8-12,21H,1,7H2,2-3H3. The molecule has 0 bridgehead atoms. The molecule has 1 heterocycles. The number of hydrazone groups is 1. The third-order valence-corrected chi connectivity index (χ3v) is 4.53. The number of rotatable bonds is 5. The highest BCUT2D eigenvalue weighted by atomic mass is 79.9. The normalized spacial score (nSPS) is 15.6. The predicted octanol–water partition coefficient (Wildman–Crippen LogP) is 4.34. The number of carbonyl (C=O) groups is 2. The minimum absolute atomic E-state index is 0.294. The summed E-state index contributed by atoms with van der Waals surface area (Å²) in [5.41, 5.74) is 2.03. The molecule has 3 rings (SSSR count). The van der Waals surface area contributed by atoms with Gasteiger partial charge in [0.2, 0.25) is 18.0 Å². The van der Waals surface area contributed by atoms with Crippen LogP contribution in [0, 0.1) is 0 Å². The van der Waals surface area contributed by atoms with Gasteiger partial charge in [0.25, 0.3) is 0 Å². The molecule has 1 atom stereocenters. The Balaban J connectivity index is 2.05. The number of hydrogen-bond donors (Lipinski definition) is 0. The first kappa shape index (κ1) is 19.8. The smallest absolute Gasteiger partial charge is 0.308 e. The van der Waals surface area contributed by atoms with Crippen molar-refractivity contribution in [2.24, 2.45) is 5.10 Å². The Morgan fingerprint density at radius 3 is 2.68 bits per heavy atom. The lowest BCUT2D eigenvalue weighted by Crippen LogP contribution is -2.26. The molecule has 144 valence electrons. The average Bonchev–Trinajstić information content (AvgIpc) is 3.08. The van der Waals surface area contributed by atoms with Gasteiger partial charge in [0.05, 0.1) is 5.56 Å². The topological polar surface area (TPSA) is 68.2 Å². The highest BCUT2D eigenvalue weighted by Crippen LogP contribution is 2.38. The summed E-state index contributed by atoms with van der Waals surface area (Å²) in [6, 6.07) is 12.8. The van der Waals surface area contributed by atoms with E-state index in [1.165, 1.54) is 18.9 Å². The van der Waals surface area contributed by atoms with Crippen molar-refractivity contribution in [2.75, 3.05) is 0 Å². The number of halogens is 1. The minimum Gasteiger partial charge on any atom is -0.446 e. The molecule has 0 fully saturated rings. The Morgan fingerprint density at radius 1 is 1.29 bits per heavy atom. The Labute approximate surface area is 171 Å². The van der Waals surface area contributed by atoms with Crippen molar-refractivity contribution in [2.45, 2.75) is 26.5 Å². The van der Waals surface area contributed by atoms with Gasteiger partial charge in [-0.25, -0.2) is 0 Å². The summed E-state index contributed by atoms with van der Waals surface area (Å²) in [7, 11) is 0. The summed E-state index contributed by atoms with van der Waals surface area (Å²) in [5.74, 6) is -0.0857. The van der Waals surface area contributed by atoms with Crippen LogP contribution in [0.15, 0.2) is 64.7 Å². The zero-order chi connectivity index (χ0) is 20.3. The van der Waals surface area contributed by atoms with Crippen LogP contribution >= 0.6 is 15.9 Å². The summed E-state index contributed by atoms with van der Waals surface area (Å²) in [6.45, 7) is 6.48. The Hall–Kier alpha value is -2.93.